The number of carbonyl (C=O) groups is 2. The molecule has 1 rings (SSSR count). The predicted octanol–water partition coefficient (Wildman–Crippen LogP) is 2.25. The molecule has 98 valence electrons. The summed E-state index contributed by atoms with van der Waals surface area (Å²) in [5.41, 5.74) is 1.02. The second-order valence-corrected chi connectivity index (χ2v) is 4.60. The Morgan fingerprint density at radius 3 is 2.44 bits per heavy atom. The van der Waals surface area contributed by atoms with E-state index in [-0.39, 0.29) is 18.4 Å². The SMILES string of the molecule is CC(=O)NC(CCC(=O)O)Cc1ccc(Cl)cc1. The molecule has 0 heterocycles. The van der Waals surface area contributed by atoms with Crippen molar-refractivity contribution >= 4 is 23.5 Å². The zero-order valence-electron chi connectivity index (χ0n) is 10.1. The van der Waals surface area contributed by atoms with Gasteiger partial charge in [0.2, 0.25) is 5.91 Å². The fourth-order valence-corrected chi connectivity index (χ4v) is 1.84. The summed E-state index contributed by atoms with van der Waals surface area (Å²) >= 11 is 5.79. The van der Waals surface area contributed by atoms with Gasteiger partial charge in [-0.05, 0) is 30.5 Å². The summed E-state index contributed by atoms with van der Waals surface area (Å²) in [6.07, 6.45) is 1.06. The van der Waals surface area contributed by atoms with E-state index in [4.69, 9.17) is 16.7 Å². The second kappa shape index (κ2) is 7.01. The van der Waals surface area contributed by atoms with Crippen LogP contribution >= 0.6 is 11.6 Å². The number of benzene rings is 1. The molecule has 0 aromatic heterocycles. The van der Waals surface area contributed by atoms with Crippen LogP contribution in [0.15, 0.2) is 24.3 Å². The molecule has 0 aliphatic carbocycles. The maximum absolute atomic E-state index is 11.1. The highest BCUT2D eigenvalue weighted by Crippen LogP contribution is 2.12. The van der Waals surface area contributed by atoms with E-state index in [0.29, 0.717) is 17.9 Å². The Labute approximate surface area is 111 Å². The number of carbonyl (C=O) groups excluding carboxylic acids is 1. The molecule has 0 fully saturated rings. The van der Waals surface area contributed by atoms with Gasteiger partial charge in [0.05, 0.1) is 0 Å². The minimum atomic E-state index is -0.860. The van der Waals surface area contributed by atoms with E-state index < -0.39 is 5.97 Å². The van der Waals surface area contributed by atoms with Crippen molar-refractivity contribution < 1.29 is 14.7 Å². The molecule has 0 aliphatic rings. The monoisotopic (exact) mass is 269 g/mol. The first-order valence-corrected chi connectivity index (χ1v) is 6.08. The lowest BCUT2D eigenvalue weighted by atomic mass is 10.0. The molecule has 0 aliphatic heterocycles. The topological polar surface area (TPSA) is 66.4 Å². The van der Waals surface area contributed by atoms with Gasteiger partial charge in [0.1, 0.15) is 0 Å². The molecule has 1 amide bonds. The van der Waals surface area contributed by atoms with Crippen LogP contribution < -0.4 is 5.32 Å². The highest BCUT2D eigenvalue weighted by molar-refractivity contribution is 6.30. The van der Waals surface area contributed by atoms with E-state index in [9.17, 15) is 9.59 Å². The molecule has 1 atom stereocenters. The average molecular weight is 270 g/mol. The van der Waals surface area contributed by atoms with Crippen LogP contribution in [-0.4, -0.2) is 23.0 Å². The zero-order valence-corrected chi connectivity index (χ0v) is 10.9. The normalized spacial score (nSPS) is 11.9. The molecule has 18 heavy (non-hydrogen) atoms. The molecule has 1 aromatic rings. The molecule has 1 unspecified atom stereocenters. The van der Waals surface area contributed by atoms with Crippen molar-refractivity contribution in [2.75, 3.05) is 0 Å². The third-order valence-corrected chi connectivity index (χ3v) is 2.76. The van der Waals surface area contributed by atoms with Crippen LogP contribution in [0.5, 0.6) is 0 Å². The number of amides is 1. The van der Waals surface area contributed by atoms with Gasteiger partial charge in [-0.2, -0.15) is 0 Å². The summed E-state index contributed by atoms with van der Waals surface area (Å²) < 4.78 is 0. The number of halogens is 1. The maximum Gasteiger partial charge on any atom is 0.303 e. The summed E-state index contributed by atoms with van der Waals surface area (Å²) in [6, 6.07) is 7.13. The van der Waals surface area contributed by atoms with Crippen molar-refractivity contribution in [3.8, 4) is 0 Å². The molecule has 4 nitrogen and oxygen atoms in total. The first-order valence-electron chi connectivity index (χ1n) is 5.70. The molecule has 0 saturated heterocycles. The Morgan fingerprint density at radius 1 is 1.33 bits per heavy atom. The Hall–Kier alpha value is -1.55. The van der Waals surface area contributed by atoms with Gasteiger partial charge in [0.15, 0.2) is 0 Å². The molecule has 0 bridgehead atoms. The summed E-state index contributed by atoms with van der Waals surface area (Å²) in [4.78, 5) is 21.6. The molecule has 2 N–H and O–H groups in total. The number of aliphatic carboxylic acids is 1. The summed E-state index contributed by atoms with van der Waals surface area (Å²) in [6.45, 7) is 1.43. The van der Waals surface area contributed by atoms with Gasteiger partial charge in [-0.15, -0.1) is 0 Å². The van der Waals surface area contributed by atoms with Gasteiger partial charge >= 0.3 is 5.97 Å². The van der Waals surface area contributed by atoms with Crippen molar-refractivity contribution in [3.05, 3.63) is 34.9 Å². The van der Waals surface area contributed by atoms with E-state index in [0.717, 1.165) is 5.56 Å². The van der Waals surface area contributed by atoms with Crippen molar-refractivity contribution in [2.24, 2.45) is 0 Å². The van der Waals surface area contributed by atoms with Crippen LogP contribution in [0, 0.1) is 0 Å². The molecule has 0 radical (unpaired) electrons. The molecule has 0 spiro atoms. The zero-order chi connectivity index (χ0) is 13.5. The van der Waals surface area contributed by atoms with Gasteiger partial charge in [0.25, 0.3) is 0 Å². The Kier molecular flexibility index (Phi) is 5.65. The van der Waals surface area contributed by atoms with E-state index in [1.807, 2.05) is 12.1 Å². The molecule has 5 heteroatoms. The first-order chi connectivity index (χ1) is 8.47. The van der Waals surface area contributed by atoms with Crippen LogP contribution in [0.3, 0.4) is 0 Å². The highest BCUT2D eigenvalue weighted by Gasteiger charge is 2.12. The highest BCUT2D eigenvalue weighted by atomic mass is 35.5. The van der Waals surface area contributed by atoms with E-state index in [2.05, 4.69) is 5.32 Å². The largest absolute Gasteiger partial charge is 0.481 e. The fourth-order valence-electron chi connectivity index (χ4n) is 1.72. The minimum Gasteiger partial charge on any atom is -0.481 e. The van der Waals surface area contributed by atoms with Crippen molar-refractivity contribution in [2.45, 2.75) is 32.2 Å². The average Bonchev–Trinajstić information content (AvgIpc) is 2.28. The number of carboxylic acid groups (broad SMARTS) is 1. The van der Waals surface area contributed by atoms with Gasteiger partial charge < -0.3 is 10.4 Å². The van der Waals surface area contributed by atoms with Crippen LogP contribution in [0.25, 0.3) is 0 Å². The van der Waals surface area contributed by atoms with Gasteiger partial charge in [-0.3, -0.25) is 9.59 Å². The van der Waals surface area contributed by atoms with Crippen LogP contribution in [0.1, 0.15) is 25.3 Å². The number of rotatable bonds is 6. The van der Waals surface area contributed by atoms with E-state index in [1.54, 1.807) is 12.1 Å². The Balaban J connectivity index is 2.61. The van der Waals surface area contributed by atoms with Crippen LogP contribution in [0.4, 0.5) is 0 Å². The van der Waals surface area contributed by atoms with E-state index in [1.165, 1.54) is 6.92 Å². The number of carboxylic acids is 1. The Morgan fingerprint density at radius 2 is 1.94 bits per heavy atom. The Bertz CT molecular complexity index is 417. The second-order valence-electron chi connectivity index (χ2n) is 4.16. The standard InChI is InChI=1S/C13H16ClNO3/c1-9(16)15-12(6-7-13(17)18)8-10-2-4-11(14)5-3-10/h2-5,12H,6-8H2,1H3,(H,15,16)(H,17,18). The van der Waals surface area contributed by atoms with E-state index >= 15 is 0 Å². The number of hydrogen-bond acceptors (Lipinski definition) is 2. The maximum atomic E-state index is 11.1. The predicted molar refractivity (Wildman–Crippen MR) is 69.6 cm³/mol. The van der Waals surface area contributed by atoms with Crippen molar-refractivity contribution in [3.63, 3.8) is 0 Å². The minimum absolute atomic E-state index is 0.0402. The lowest BCUT2D eigenvalue weighted by Gasteiger charge is -2.17. The quantitative estimate of drug-likeness (QED) is 0.832. The smallest absolute Gasteiger partial charge is 0.303 e. The molecular weight excluding hydrogens is 254 g/mol. The summed E-state index contributed by atoms with van der Waals surface area (Å²) in [7, 11) is 0. The van der Waals surface area contributed by atoms with Crippen molar-refractivity contribution in [1.82, 2.24) is 5.32 Å². The van der Waals surface area contributed by atoms with Crippen LogP contribution in [-0.2, 0) is 16.0 Å². The number of nitrogens with one attached hydrogen (secondary N) is 1. The van der Waals surface area contributed by atoms with Gasteiger partial charge in [-0.25, -0.2) is 0 Å². The third kappa shape index (κ3) is 5.68. The third-order valence-electron chi connectivity index (χ3n) is 2.51. The molecular formula is C13H16ClNO3. The van der Waals surface area contributed by atoms with Gasteiger partial charge in [-0.1, -0.05) is 23.7 Å². The van der Waals surface area contributed by atoms with Gasteiger partial charge in [0, 0.05) is 24.4 Å². The first kappa shape index (κ1) is 14.5. The lowest BCUT2D eigenvalue weighted by molar-refractivity contribution is -0.137. The lowest BCUT2D eigenvalue weighted by Crippen LogP contribution is -2.35. The van der Waals surface area contributed by atoms with Crippen LogP contribution in [0.2, 0.25) is 5.02 Å². The molecule has 1 aromatic carbocycles. The summed E-state index contributed by atoms with van der Waals surface area (Å²) in [5.74, 6) is -1.01. The summed E-state index contributed by atoms with van der Waals surface area (Å²) in [5, 5.41) is 12.1. The van der Waals surface area contributed by atoms with Crippen molar-refractivity contribution in [1.29, 1.82) is 0 Å². The fraction of sp³-hybridized carbons (Fsp3) is 0.385. The number of hydrogen-bond donors (Lipinski definition) is 2. The molecule has 0 saturated carbocycles.